The van der Waals surface area contributed by atoms with Gasteiger partial charge in [0, 0.05) is 22.6 Å². The Labute approximate surface area is 266 Å². The van der Waals surface area contributed by atoms with Crippen molar-refractivity contribution >= 4 is 52.8 Å². The highest BCUT2D eigenvalue weighted by Gasteiger charge is 2.40. The maximum Gasteiger partial charge on any atom is 0.272 e. The van der Waals surface area contributed by atoms with E-state index in [1.54, 1.807) is 92.0 Å². The molecule has 0 saturated carbocycles. The number of ether oxygens (including phenoxy) is 1. The van der Waals surface area contributed by atoms with Gasteiger partial charge in [0.25, 0.3) is 11.8 Å². The van der Waals surface area contributed by atoms with Gasteiger partial charge in [0.05, 0.1) is 18.0 Å². The Bertz CT molecular complexity index is 1730. The Morgan fingerprint density at radius 2 is 1.62 bits per heavy atom. The van der Waals surface area contributed by atoms with Gasteiger partial charge >= 0.3 is 0 Å². The number of nitrogens with one attached hydrogen (secondary N) is 2. The molecule has 1 atom stereocenters. The third kappa shape index (κ3) is 7.69. The van der Waals surface area contributed by atoms with Crippen molar-refractivity contribution in [1.29, 1.82) is 0 Å². The number of carbonyl (C=O) groups is 4. The standard InChI is InChI=1S/C36H33N3O5S/c1-23(2)25-12-16-28(17-13-25)39-33(40)22-32(36(39)43)45-30-18-14-27(15-19-30)37-35(42)31(21-24-8-7-11-29(20-24)44-3)38-34(41)26-9-5-4-6-10-26/h4-21,23,32H,22H2,1-3H3,(H,37,42)(H,38,41)/b31-21-. The quantitative estimate of drug-likeness (QED) is 0.152. The minimum Gasteiger partial charge on any atom is -0.497 e. The van der Waals surface area contributed by atoms with Gasteiger partial charge in [-0.05, 0) is 83.8 Å². The van der Waals surface area contributed by atoms with Crippen LogP contribution in [0.5, 0.6) is 5.75 Å². The number of hydrogen-bond donors (Lipinski definition) is 2. The van der Waals surface area contributed by atoms with E-state index >= 15 is 0 Å². The Balaban J connectivity index is 1.27. The molecule has 1 aliphatic rings. The van der Waals surface area contributed by atoms with Crippen molar-refractivity contribution in [2.45, 2.75) is 36.3 Å². The summed E-state index contributed by atoms with van der Waals surface area (Å²) in [6.45, 7) is 4.18. The zero-order valence-corrected chi connectivity index (χ0v) is 26.0. The van der Waals surface area contributed by atoms with Gasteiger partial charge in [0.1, 0.15) is 11.4 Å². The Morgan fingerprint density at radius 3 is 2.29 bits per heavy atom. The number of nitrogens with zero attached hydrogens (tertiary/aromatic N) is 1. The smallest absolute Gasteiger partial charge is 0.272 e. The molecule has 0 spiro atoms. The van der Waals surface area contributed by atoms with Crippen LogP contribution in [0.2, 0.25) is 0 Å². The van der Waals surface area contributed by atoms with Crippen LogP contribution in [0.1, 0.15) is 47.7 Å². The summed E-state index contributed by atoms with van der Waals surface area (Å²) in [4.78, 5) is 54.3. The van der Waals surface area contributed by atoms with E-state index in [-0.39, 0.29) is 23.9 Å². The number of imide groups is 1. The first-order chi connectivity index (χ1) is 21.7. The molecule has 4 amide bonds. The van der Waals surface area contributed by atoms with Crippen LogP contribution in [-0.2, 0) is 14.4 Å². The summed E-state index contributed by atoms with van der Waals surface area (Å²) in [7, 11) is 1.55. The molecule has 4 aromatic rings. The molecule has 0 radical (unpaired) electrons. The van der Waals surface area contributed by atoms with Gasteiger partial charge in [0.2, 0.25) is 11.8 Å². The van der Waals surface area contributed by atoms with Crippen LogP contribution in [0.15, 0.2) is 114 Å². The summed E-state index contributed by atoms with van der Waals surface area (Å²) in [5, 5.41) is 5.01. The van der Waals surface area contributed by atoms with Crippen LogP contribution in [0.3, 0.4) is 0 Å². The van der Waals surface area contributed by atoms with Gasteiger partial charge in [-0.3, -0.25) is 19.2 Å². The molecule has 1 saturated heterocycles. The fourth-order valence-electron chi connectivity index (χ4n) is 4.80. The van der Waals surface area contributed by atoms with Crippen LogP contribution >= 0.6 is 11.8 Å². The van der Waals surface area contributed by atoms with Crippen LogP contribution in [0.25, 0.3) is 6.08 Å². The molecule has 5 rings (SSSR count). The molecular weight excluding hydrogens is 586 g/mol. The first-order valence-electron chi connectivity index (χ1n) is 14.5. The number of benzene rings is 4. The summed E-state index contributed by atoms with van der Waals surface area (Å²) in [5.74, 6) is -0.456. The summed E-state index contributed by atoms with van der Waals surface area (Å²) in [6.07, 6.45) is 1.68. The lowest BCUT2D eigenvalue weighted by molar-refractivity contribution is -0.121. The molecular formula is C36H33N3O5S. The number of carbonyl (C=O) groups excluding carboxylic acids is 4. The number of hydrogen-bond acceptors (Lipinski definition) is 6. The van der Waals surface area contributed by atoms with Gasteiger partial charge in [-0.2, -0.15) is 0 Å². The minimum atomic E-state index is -0.548. The normalized spacial score (nSPS) is 14.9. The van der Waals surface area contributed by atoms with E-state index in [1.165, 1.54) is 16.7 Å². The average Bonchev–Trinajstić information content (AvgIpc) is 3.33. The highest BCUT2D eigenvalue weighted by molar-refractivity contribution is 8.00. The van der Waals surface area contributed by atoms with Gasteiger partial charge in [0.15, 0.2) is 0 Å². The summed E-state index contributed by atoms with van der Waals surface area (Å²) < 4.78 is 5.29. The maximum absolute atomic E-state index is 13.4. The van der Waals surface area contributed by atoms with Crippen molar-refractivity contribution in [2.75, 3.05) is 17.3 Å². The average molecular weight is 620 g/mol. The highest BCUT2D eigenvalue weighted by Crippen LogP contribution is 2.35. The lowest BCUT2D eigenvalue weighted by Crippen LogP contribution is -2.31. The van der Waals surface area contributed by atoms with Crippen molar-refractivity contribution in [1.82, 2.24) is 5.32 Å². The molecule has 228 valence electrons. The van der Waals surface area contributed by atoms with Crippen molar-refractivity contribution < 1.29 is 23.9 Å². The van der Waals surface area contributed by atoms with Crippen molar-refractivity contribution in [3.8, 4) is 5.75 Å². The maximum atomic E-state index is 13.4. The van der Waals surface area contributed by atoms with Crippen LogP contribution in [0.4, 0.5) is 11.4 Å². The fraction of sp³-hybridized carbons (Fsp3) is 0.167. The Hall–Kier alpha value is -5.15. The van der Waals surface area contributed by atoms with Gasteiger partial charge in [-0.15, -0.1) is 11.8 Å². The van der Waals surface area contributed by atoms with E-state index in [2.05, 4.69) is 24.5 Å². The number of thioether (sulfide) groups is 1. The zero-order chi connectivity index (χ0) is 31.9. The first-order valence-corrected chi connectivity index (χ1v) is 15.4. The van der Waals surface area contributed by atoms with Crippen LogP contribution in [0, 0.1) is 0 Å². The molecule has 0 bridgehead atoms. The molecule has 9 heteroatoms. The fourth-order valence-corrected chi connectivity index (χ4v) is 5.85. The predicted molar refractivity (Wildman–Crippen MR) is 177 cm³/mol. The van der Waals surface area contributed by atoms with E-state index in [4.69, 9.17) is 4.74 Å². The molecule has 2 N–H and O–H groups in total. The second-order valence-corrected chi connectivity index (χ2v) is 12.0. The Kier molecular flexibility index (Phi) is 9.79. The van der Waals surface area contributed by atoms with Crippen LogP contribution < -0.4 is 20.3 Å². The lowest BCUT2D eigenvalue weighted by atomic mass is 10.0. The monoisotopic (exact) mass is 619 g/mol. The second kappa shape index (κ2) is 14.1. The SMILES string of the molecule is COc1cccc(/C=C(\NC(=O)c2ccccc2)C(=O)Nc2ccc(SC3CC(=O)N(c4ccc(C(C)C)cc4)C3=O)cc2)c1. The summed E-state index contributed by atoms with van der Waals surface area (Å²) >= 11 is 1.31. The molecule has 45 heavy (non-hydrogen) atoms. The van der Waals surface area contributed by atoms with Crippen molar-refractivity contribution in [3.63, 3.8) is 0 Å². The highest BCUT2D eigenvalue weighted by atomic mass is 32.2. The first kappa shape index (κ1) is 31.3. The number of amides is 4. The van der Waals surface area contributed by atoms with Gasteiger partial charge in [-0.1, -0.05) is 56.3 Å². The number of rotatable bonds is 10. The topological polar surface area (TPSA) is 105 Å². The molecule has 1 unspecified atom stereocenters. The third-order valence-electron chi connectivity index (χ3n) is 7.25. The van der Waals surface area contributed by atoms with Crippen molar-refractivity contribution in [2.24, 2.45) is 0 Å². The van der Waals surface area contributed by atoms with Gasteiger partial charge in [-0.25, -0.2) is 4.90 Å². The largest absolute Gasteiger partial charge is 0.497 e. The molecule has 1 aliphatic heterocycles. The Morgan fingerprint density at radius 1 is 0.911 bits per heavy atom. The van der Waals surface area contributed by atoms with E-state index < -0.39 is 17.1 Å². The predicted octanol–water partition coefficient (Wildman–Crippen LogP) is 6.65. The third-order valence-corrected chi connectivity index (χ3v) is 8.44. The second-order valence-electron chi connectivity index (χ2n) is 10.8. The van der Waals surface area contributed by atoms with Crippen molar-refractivity contribution in [3.05, 3.63) is 126 Å². The molecule has 8 nitrogen and oxygen atoms in total. The molecule has 0 aromatic heterocycles. The molecule has 0 aliphatic carbocycles. The van der Waals surface area contributed by atoms with Gasteiger partial charge < -0.3 is 15.4 Å². The summed E-state index contributed by atoms with van der Waals surface area (Å²) in [6, 6.07) is 30.3. The number of anilines is 2. The van der Waals surface area contributed by atoms with E-state index in [0.717, 1.165) is 10.5 Å². The molecule has 1 fully saturated rings. The molecule has 4 aromatic carbocycles. The van der Waals surface area contributed by atoms with Crippen LogP contribution in [-0.4, -0.2) is 36.0 Å². The zero-order valence-electron chi connectivity index (χ0n) is 25.2. The lowest BCUT2D eigenvalue weighted by Gasteiger charge is -2.16. The number of methoxy groups -OCH3 is 1. The minimum absolute atomic E-state index is 0.0483. The van der Waals surface area contributed by atoms with E-state index in [9.17, 15) is 19.2 Å². The van der Waals surface area contributed by atoms with E-state index in [1.807, 2.05) is 24.3 Å². The molecule has 1 heterocycles. The summed E-state index contributed by atoms with van der Waals surface area (Å²) in [5.41, 5.74) is 3.34. The van der Waals surface area contributed by atoms with E-state index in [0.29, 0.717) is 34.2 Å².